The summed E-state index contributed by atoms with van der Waals surface area (Å²) in [5.74, 6) is 0.0995. The molecule has 0 aliphatic rings. The maximum absolute atomic E-state index is 13.1. The van der Waals surface area contributed by atoms with Gasteiger partial charge >= 0.3 is 0 Å². The number of ether oxygens (including phenoxy) is 2. The van der Waals surface area contributed by atoms with Crippen LogP contribution in [0.25, 0.3) is 11.2 Å². The molecule has 36 heavy (non-hydrogen) atoms. The highest BCUT2D eigenvalue weighted by atomic mass is 28.3. The summed E-state index contributed by atoms with van der Waals surface area (Å²) in [6, 6.07) is 7.93. The van der Waals surface area contributed by atoms with Crippen LogP contribution in [0.3, 0.4) is 0 Å². The maximum atomic E-state index is 13.1. The number of benzene rings is 1. The van der Waals surface area contributed by atoms with Gasteiger partial charge in [0.1, 0.15) is 18.0 Å². The van der Waals surface area contributed by atoms with E-state index in [9.17, 15) is 9.59 Å². The minimum absolute atomic E-state index is 0.219. The monoisotopic (exact) mass is 509 g/mol. The van der Waals surface area contributed by atoms with Gasteiger partial charge in [0.05, 0.1) is 11.8 Å². The first-order chi connectivity index (χ1) is 16.8. The summed E-state index contributed by atoms with van der Waals surface area (Å²) in [5.41, 5.74) is 1.47. The van der Waals surface area contributed by atoms with E-state index >= 15 is 0 Å². The predicted molar refractivity (Wildman–Crippen MR) is 144 cm³/mol. The number of aromatic nitrogens is 3. The molecule has 0 saturated carbocycles. The van der Waals surface area contributed by atoms with Crippen LogP contribution in [0, 0.1) is 0 Å². The van der Waals surface area contributed by atoms with Crippen LogP contribution < -0.4 is 15.4 Å². The highest BCUT2D eigenvalue weighted by Gasteiger charge is 2.22. The van der Waals surface area contributed by atoms with Gasteiger partial charge < -0.3 is 24.7 Å². The number of fused-ring (bicyclic) bond motifs is 1. The van der Waals surface area contributed by atoms with Gasteiger partial charge in [-0.25, -0.2) is 9.97 Å². The quantitative estimate of drug-likeness (QED) is 0.221. The largest absolute Gasteiger partial charge is 0.437 e. The minimum Gasteiger partial charge on any atom is -0.437 e. The van der Waals surface area contributed by atoms with E-state index in [0.29, 0.717) is 34.8 Å². The van der Waals surface area contributed by atoms with E-state index in [1.807, 2.05) is 20.8 Å². The molecule has 0 radical (unpaired) electrons. The van der Waals surface area contributed by atoms with Crippen LogP contribution in [0.15, 0.2) is 49.3 Å². The lowest BCUT2D eigenvalue weighted by Gasteiger charge is -2.20. The first-order valence-electron chi connectivity index (χ1n) is 11.8. The van der Waals surface area contributed by atoms with Crippen molar-refractivity contribution >= 4 is 36.7 Å². The van der Waals surface area contributed by atoms with Gasteiger partial charge in [-0.3, -0.25) is 9.59 Å². The standard InChI is InChI=1S/C26H35N5O4Si/c1-8-21(32)28-18-10-9-11-19(14-18)35-22-15-27-24-23(29-22)20(25(33)30-26(2,3)4)16-31(24)17-34-12-13-36(5,6)7/h8-11,14-16H,1,12-13,17H2,2-7H3,(H,28,32)(H,30,33). The van der Waals surface area contributed by atoms with Crippen molar-refractivity contribution in [2.45, 2.75) is 58.7 Å². The van der Waals surface area contributed by atoms with E-state index in [1.165, 1.54) is 12.3 Å². The van der Waals surface area contributed by atoms with Crippen LogP contribution in [0.5, 0.6) is 11.6 Å². The predicted octanol–water partition coefficient (Wildman–Crippen LogP) is 5.19. The third kappa shape index (κ3) is 7.75. The fourth-order valence-corrected chi connectivity index (χ4v) is 4.01. The Morgan fingerprint density at radius 3 is 2.64 bits per heavy atom. The first-order valence-corrected chi connectivity index (χ1v) is 15.5. The Balaban J connectivity index is 1.89. The molecule has 0 bridgehead atoms. The van der Waals surface area contributed by atoms with Gasteiger partial charge in [0.2, 0.25) is 11.8 Å². The summed E-state index contributed by atoms with van der Waals surface area (Å²) >= 11 is 0. The Labute approximate surface area is 212 Å². The van der Waals surface area contributed by atoms with Gasteiger partial charge in [-0.1, -0.05) is 32.3 Å². The van der Waals surface area contributed by atoms with Gasteiger partial charge in [0, 0.05) is 38.2 Å². The summed E-state index contributed by atoms with van der Waals surface area (Å²) in [7, 11) is -1.22. The van der Waals surface area contributed by atoms with Crippen LogP contribution in [-0.4, -0.2) is 46.6 Å². The molecule has 0 aliphatic carbocycles. The molecule has 2 aromatic heterocycles. The number of carbonyl (C=O) groups is 2. The van der Waals surface area contributed by atoms with Crippen LogP contribution in [0.4, 0.5) is 5.69 Å². The summed E-state index contributed by atoms with van der Waals surface area (Å²) in [5, 5.41) is 5.67. The highest BCUT2D eigenvalue weighted by molar-refractivity contribution is 6.76. The van der Waals surface area contributed by atoms with Gasteiger partial charge in [0.15, 0.2) is 5.65 Å². The number of nitrogens with zero attached hydrogens (tertiary/aromatic N) is 3. The molecule has 0 unspecified atom stereocenters. The van der Waals surface area contributed by atoms with Gasteiger partial charge in [-0.15, -0.1) is 0 Å². The number of nitrogens with one attached hydrogen (secondary N) is 2. The van der Waals surface area contributed by atoms with E-state index in [1.54, 1.807) is 35.0 Å². The van der Waals surface area contributed by atoms with E-state index in [2.05, 4.69) is 46.8 Å². The van der Waals surface area contributed by atoms with Crippen LogP contribution >= 0.6 is 0 Å². The summed E-state index contributed by atoms with van der Waals surface area (Å²) in [6.07, 6.45) is 4.41. The lowest BCUT2D eigenvalue weighted by molar-refractivity contribution is -0.111. The topological polar surface area (TPSA) is 107 Å². The molecule has 0 aliphatic heterocycles. The lowest BCUT2D eigenvalue weighted by Crippen LogP contribution is -2.40. The molecule has 1 aromatic carbocycles. The molecule has 0 fully saturated rings. The van der Waals surface area contributed by atoms with Gasteiger partial charge in [-0.2, -0.15) is 0 Å². The molecular formula is C26H35N5O4Si. The molecule has 3 rings (SSSR count). The van der Waals surface area contributed by atoms with Crippen molar-refractivity contribution < 1.29 is 19.1 Å². The number of hydrogen-bond donors (Lipinski definition) is 2. The second-order valence-corrected chi connectivity index (χ2v) is 16.4. The molecule has 2 N–H and O–H groups in total. The van der Waals surface area contributed by atoms with Crippen molar-refractivity contribution in [2.24, 2.45) is 0 Å². The second kappa shape index (κ2) is 11.0. The van der Waals surface area contributed by atoms with Crippen LogP contribution in [0.1, 0.15) is 31.1 Å². The number of hydrogen-bond acceptors (Lipinski definition) is 6. The van der Waals surface area contributed by atoms with Crippen molar-refractivity contribution in [3.8, 4) is 11.6 Å². The molecule has 0 spiro atoms. The van der Waals surface area contributed by atoms with Crippen LogP contribution in [-0.2, 0) is 16.3 Å². The molecule has 3 aromatic rings. The summed E-state index contributed by atoms with van der Waals surface area (Å²) in [4.78, 5) is 33.8. The molecule has 10 heteroatoms. The van der Waals surface area contributed by atoms with Gasteiger partial charge in [-0.05, 0) is 45.0 Å². The number of amides is 2. The molecule has 2 amide bonds. The first kappa shape index (κ1) is 27.1. The fourth-order valence-electron chi connectivity index (χ4n) is 3.25. The Bertz CT molecular complexity index is 1260. The summed E-state index contributed by atoms with van der Waals surface area (Å²) < 4.78 is 13.6. The molecule has 2 heterocycles. The number of carbonyl (C=O) groups excluding carboxylic acids is 2. The Morgan fingerprint density at radius 2 is 1.97 bits per heavy atom. The lowest BCUT2D eigenvalue weighted by atomic mass is 10.1. The van der Waals surface area contributed by atoms with E-state index < -0.39 is 13.6 Å². The van der Waals surface area contributed by atoms with E-state index in [0.717, 1.165) is 6.04 Å². The Kier molecular flexibility index (Phi) is 8.31. The number of rotatable bonds is 10. The molecule has 0 atom stereocenters. The van der Waals surface area contributed by atoms with Crippen molar-refractivity contribution in [3.63, 3.8) is 0 Å². The second-order valence-electron chi connectivity index (χ2n) is 10.8. The third-order valence-electron chi connectivity index (χ3n) is 5.01. The smallest absolute Gasteiger partial charge is 0.255 e. The maximum Gasteiger partial charge on any atom is 0.255 e. The zero-order valence-corrected chi connectivity index (χ0v) is 22.8. The van der Waals surface area contributed by atoms with Gasteiger partial charge in [0.25, 0.3) is 5.91 Å². The van der Waals surface area contributed by atoms with Crippen molar-refractivity contribution in [1.29, 1.82) is 0 Å². The SMILES string of the molecule is C=CC(=O)Nc1cccc(Oc2cnc3c(n2)c(C(=O)NC(C)(C)C)cn3COCC[Si](C)(C)C)c1. The normalized spacial score (nSPS) is 11.8. The van der Waals surface area contributed by atoms with E-state index in [4.69, 9.17) is 9.47 Å². The highest BCUT2D eigenvalue weighted by Crippen LogP contribution is 2.26. The minimum atomic E-state index is -1.22. The van der Waals surface area contributed by atoms with Crippen molar-refractivity contribution in [1.82, 2.24) is 19.9 Å². The Morgan fingerprint density at radius 1 is 1.22 bits per heavy atom. The molecule has 0 saturated heterocycles. The molecular weight excluding hydrogens is 474 g/mol. The van der Waals surface area contributed by atoms with Crippen LogP contribution in [0.2, 0.25) is 25.7 Å². The third-order valence-corrected chi connectivity index (χ3v) is 6.72. The average Bonchev–Trinajstić information content (AvgIpc) is 3.13. The molecule has 9 nitrogen and oxygen atoms in total. The fraction of sp³-hybridized carbons (Fsp3) is 0.385. The zero-order chi connectivity index (χ0) is 26.5. The number of anilines is 1. The van der Waals surface area contributed by atoms with E-state index in [-0.39, 0.29) is 24.4 Å². The summed E-state index contributed by atoms with van der Waals surface area (Å²) in [6.45, 7) is 17.0. The zero-order valence-electron chi connectivity index (χ0n) is 21.8. The Hall–Kier alpha value is -3.50. The molecule has 192 valence electrons. The van der Waals surface area contributed by atoms with Crippen molar-refractivity contribution in [2.75, 3.05) is 11.9 Å². The van der Waals surface area contributed by atoms with Crippen molar-refractivity contribution in [3.05, 3.63) is 54.9 Å². The average molecular weight is 510 g/mol.